The summed E-state index contributed by atoms with van der Waals surface area (Å²) in [4.78, 5) is 34.3. The molecule has 23 heavy (non-hydrogen) atoms. The minimum Gasteiger partial charge on any atom is -0.483 e. The second-order valence-electron chi connectivity index (χ2n) is 5.46. The molecule has 2 N–H and O–H groups in total. The maximum absolute atomic E-state index is 12.3. The van der Waals surface area contributed by atoms with E-state index in [4.69, 9.17) is 19.2 Å². The number of carboxylic acid groups (broad SMARTS) is 1. The summed E-state index contributed by atoms with van der Waals surface area (Å²) in [6, 6.07) is 1.62. The third-order valence-corrected chi connectivity index (χ3v) is 3.59. The molecular weight excluding hydrogens is 306 g/mol. The number of aromatic nitrogens is 1. The van der Waals surface area contributed by atoms with Crippen molar-refractivity contribution < 1.29 is 28.8 Å². The lowest BCUT2D eigenvalue weighted by molar-refractivity contribution is -0.133. The number of hydrogen-bond donors (Lipinski definition) is 2. The van der Waals surface area contributed by atoms with Crippen molar-refractivity contribution in [2.24, 2.45) is 5.92 Å². The van der Waals surface area contributed by atoms with E-state index in [9.17, 15) is 9.59 Å². The molecule has 0 aliphatic carbocycles. The number of aryl methyl sites for hydroxylation is 1. The molecule has 2 fully saturated rings. The molecule has 3 heterocycles. The Hall–Kier alpha value is -2.42. The zero-order valence-corrected chi connectivity index (χ0v) is 12.7. The Morgan fingerprint density at radius 1 is 1.52 bits per heavy atom. The number of nitrogens with zero attached hydrogens (tertiary/aromatic N) is 2. The number of amides is 2. The first-order valence-electron chi connectivity index (χ1n) is 7.19. The number of carbonyl (C=O) groups excluding carboxylic acids is 2. The maximum atomic E-state index is 12.3. The third kappa shape index (κ3) is 4.52. The van der Waals surface area contributed by atoms with Gasteiger partial charge in [0.25, 0.3) is 6.47 Å². The molecule has 0 spiro atoms. The van der Waals surface area contributed by atoms with Crippen LogP contribution in [0.3, 0.4) is 0 Å². The van der Waals surface area contributed by atoms with Crippen molar-refractivity contribution in [2.45, 2.75) is 19.4 Å². The van der Waals surface area contributed by atoms with Gasteiger partial charge in [-0.3, -0.25) is 14.4 Å². The molecule has 2 amide bonds. The number of rotatable bonds is 2. The molecule has 2 atom stereocenters. The first-order chi connectivity index (χ1) is 11.0. The Bertz CT molecular complexity index is 573. The zero-order chi connectivity index (χ0) is 16.8. The second kappa shape index (κ2) is 7.73. The van der Waals surface area contributed by atoms with Gasteiger partial charge in [0.1, 0.15) is 5.76 Å². The summed E-state index contributed by atoms with van der Waals surface area (Å²) in [5, 5.41) is 13.6. The SMILES string of the molecule is Cc1cc(CC(=O)N2C[C@H]3COC[C@@H](C2)C(=O)N3)on1.O=CO. The van der Waals surface area contributed by atoms with E-state index in [1.165, 1.54) is 0 Å². The monoisotopic (exact) mass is 325 g/mol. The lowest BCUT2D eigenvalue weighted by atomic mass is 10.1. The van der Waals surface area contributed by atoms with E-state index in [-0.39, 0.29) is 36.7 Å². The van der Waals surface area contributed by atoms with Crippen molar-refractivity contribution in [3.05, 3.63) is 17.5 Å². The van der Waals surface area contributed by atoms with E-state index < -0.39 is 0 Å². The van der Waals surface area contributed by atoms with Crippen LogP contribution in [0.5, 0.6) is 0 Å². The number of fused-ring (bicyclic) bond motifs is 3. The summed E-state index contributed by atoms with van der Waals surface area (Å²) in [5.41, 5.74) is 0.755. The molecule has 2 bridgehead atoms. The van der Waals surface area contributed by atoms with Crippen LogP contribution in [0, 0.1) is 12.8 Å². The topological polar surface area (TPSA) is 122 Å². The van der Waals surface area contributed by atoms with Gasteiger partial charge in [0.05, 0.1) is 37.3 Å². The van der Waals surface area contributed by atoms with Crippen molar-refractivity contribution in [3.8, 4) is 0 Å². The van der Waals surface area contributed by atoms with Crippen LogP contribution in [0.4, 0.5) is 0 Å². The lowest BCUT2D eigenvalue weighted by Crippen LogP contribution is -2.44. The number of carbonyl (C=O) groups is 3. The molecule has 1 aromatic heterocycles. The average Bonchev–Trinajstić information content (AvgIpc) is 2.70. The molecule has 9 nitrogen and oxygen atoms in total. The molecule has 9 heteroatoms. The van der Waals surface area contributed by atoms with Crippen molar-refractivity contribution >= 4 is 18.3 Å². The van der Waals surface area contributed by atoms with Crippen LogP contribution in [0.1, 0.15) is 11.5 Å². The minimum atomic E-state index is -0.289. The van der Waals surface area contributed by atoms with Crippen LogP contribution < -0.4 is 5.32 Å². The largest absolute Gasteiger partial charge is 0.483 e. The smallest absolute Gasteiger partial charge is 0.290 e. The molecule has 2 saturated heterocycles. The lowest BCUT2D eigenvalue weighted by Gasteiger charge is -2.27. The van der Waals surface area contributed by atoms with E-state index in [0.29, 0.717) is 32.1 Å². The highest BCUT2D eigenvalue weighted by atomic mass is 16.5. The Labute approximate surface area is 132 Å². The highest BCUT2D eigenvalue weighted by Crippen LogP contribution is 2.15. The Morgan fingerprint density at radius 2 is 2.26 bits per heavy atom. The van der Waals surface area contributed by atoms with Gasteiger partial charge in [0, 0.05) is 19.2 Å². The summed E-state index contributed by atoms with van der Waals surface area (Å²) in [6.45, 7) is 3.26. The highest BCUT2D eigenvalue weighted by molar-refractivity contribution is 5.83. The fraction of sp³-hybridized carbons (Fsp3) is 0.571. The zero-order valence-electron chi connectivity index (χ0n) is 12.7. The number of nitrogens with one attached hydrogen (secondary N) is 1. The summed E-state index contributed by atoms with van der Waals surface area (Å²) in [7, 11) is 0. The summed E-state index contributed by atoms with van der Waals surface area (Å²) in [6.07, 6.45) is 0.176. The van der Waals surface area contributed by atoms with E-state index in [0.717, 1.165) is 5.69 Å². The van der Waals surface area contributed by atoms with Gasteiger partial charge in [0.15, 0.2) is 0 Å². The predicted molar refractivity (Wildman–Crippen MR) is 76.5 cm³/mol. The van der Waals surface area contributed by atoms with Crippen LogP contribution in [0.2, 0.25) is 0 Å². The quantitative estimate of drug-likeness (QED) is 0.683. The molecule has 0 saturated carbocycles. The number of ether oxygens (including phenoxy) is 1. The van der Waals surface area contributed by atoms with Crippen LogP contribution >= 0.6 is 0 Å². The first kappa shape index (κ1) is 16.9. The Kier molecular flexibility index (Phi) is 5.69. The fourth-order valence-electron chi connectivity index (χ4n) is 2.59. The molecular formula is C14H19N3O6. The Morgan fingerprint density at radius 3 is 2.91 bits per heavy atom. The van der Waals surface area contributed by atoms with Crippen molar-refractivity contribution in [1.82, 2.24) is 15.4 Å². The molecule has 2 aliphatic heterocycles. The normalized spacial score (nSPS) is 23.2. The molecule has 0 radical (unpaired) electrons. The van der Waals surface area contributed by atoms with Gasteiger partial charge >= 0.3 is 0 Å². The molecule has 1 aromatic rings. The van der Waals surface area contributed by atoms with Crippen molar-refractivity contribution in [2.75, 3.05) is 26.3 Å². The molecule has 3 rings (SSSR count). The molecule has 2 aliphatic rings. The summed E-state index contributed by atoms with van der Waals surface area (Å²) in [5.74, 6) is 0.188. The van der Waals surface area contributed by atoms with E-state index in [1.807, 2.05) is 6.92 Å². The Balaban J connectivity index is 0.000000595. The maximum Gasteiger partial charge on any atom is 0.290 e. The van der Waals surface area contributed by atoms with E-state index >= 15 is 0 Å². The second-order valence-corrected chi connectivity index (χ2v) is 5.46. The first-order valence-corrected chi connectivity index (χ1v) is 7.19. The van der Waals surface area contributed by atoms with Crippen LogP contribution in [-0.4, -0.2) is 65.8 Å². The molecule has 0 aromatic carbocycles. The van der Waals surface area contributed by atoms with Gasteiger partial charge in [-0.15, -0.1) is 0 Å². The predicted octanol–water partition coefficient (Wildman–Crippen LogP) is -0.800. The summed E-state index contributed by atoms with van der Waals surface area (Å²) < 4.78 is 10.5. The van der Waals surface area contributed by atoms with E-state index in [1.54, 1.807) is 11.0 Å². The van der Waals surface area contributed by atoms with Crippen molar-refractivity contribution in [3.63, 3.8) is 0 Å². The van der Waals surface area contributed by atoms with Gasteiger partial charge in [-0.05, 0) is 6.92 Å². The van der Waals surface area contributed by atoms with Gasteiger partial charge in [-0.25, -0.2) is 0 Å². The van der Waals surface area contributed by atoms with Crippen LogP contribution in [0.15, 0.2) is 10.6 Å². The number of hydrogen-bond acceptors (Lipinski definition) is 6. The van der Waals surface area contributed by atoms with Gasteiger partial charge in [0.2, 0.25) is 11.8 Å². The standard InChI is InChI=1S/C13H17N3O4.CH2O2/c1-8-2-11(20-15-8)3-12(17)16-4-9-6-19-7-10(5-16)14-13(9)18;2-1-3/h2,9-10H,3-7H2,1H3,(H,14,18);1H,(H,2,3)/t9-,10+;/m1./s1. The fourth-order valence-corrected chi connectivity index (χ4v) is 2.59. The van der Waals surface area contributed by atoms with Gasteiger partial charge in [-0.2, -0.15) is 0 Å². The minimum absolute atomic E-state index is 0.0293. The van der Waals surface area contributed by atoms with Gasteiger partial charge in [-0.1, -0.05) is 5.16 Å². The van der Waals surface area contributed by atoms with E-state index in [2.05, 4.69) is 10.5 Å². The summed E-state index contributed by atoms with van der Waals surface area (Å²) >= 11 is 0. The average molecular weight is 325 g/mol. The van der Waals surface area contributed by atoms with Crippen LogP contribution in [0.25, 0.3) is 0 Å². The van der Waals surface area contributed by atoms with Crippen LogP contribution in [-0.2, 0) is 25.5 Å². The third-order valence-electron chi connectivity index (χ3n) is 3.59. The molecule has 0 unspecified atom stereocenters. The molecule has 126 valence electrons. The van der Waals surface area contributed by atoms with Gasteiger partial charge < -0.3 is 24.6 Å². The highest BCUT2D eigenvalue weighted by Gasteiger charge is 2.35. The van der Waals surface area contributed by atoms with Crippen molar-refractivity contribution in [1.29, 1.82) is 0 Å².